The summed E-state index contributed by atoms with van der Waals surface area (Å²) in [6.07, 6.45) is 0. The molecule has 0 aliphatic rings. The van der Waals surface area contributed by atoms with E-state index in [0.29, 0.717) is 11.4 Å². The fourth-order valence-electron chi connectivity index (χ4n) is 2.89. The molecule has 0 saturated carbocycles. The lowest BCUT2D eigenvalue weighted by atomic mass is 10.2. The van der Waals surface area contributed by atoms with Crippen molar-refractivity contribution in [2.24, 2.45) is 0 Å². The highest BCUT2D eigenvalue weighted by atomic mass is 16.1. The van der Waals surface area contributed by atoms with E-state index < -0.39 is 0 Å². The van der Waals surface area contributed by atoms with E-state index >= 15 is 0 Å². The zero-order valence-corrected chi connectivity index (χ0v) is 12.9. The Morgan fingerprint density at radius 1 is 0.583 bits per heavy atom. The number of nitrogens with two attached hydrogens (primary N) is 2. The van der Waals surface area contributed by atoms with Crippen molar-refractivity contribution in [2.75, 3.05) is 11.5 Å². The first-order valence-electron chi connectivity index (χ1n) is 7.59. The summed E-state index contributed by atoms with van der Waals surface area (Å²) < 4.78 is 3.37. The summed E-state index contributed by atoms with van der Waals surface area (Å²) in [5.41, 5.74) is 15.9. The number of imidazole rings is 1. The molecule has 0 bridgehead atoms. The van der Waals surface area contributed by atoms with Gasteiger partial charge in [-0.1, -0.05) is 12.1 Å². The number of anilines is 2. The van der Waals surface area contributed by atoms with Gasteiger partial charge >= 0.3 is 5.69 Å². The molecule has 0 atom stereocenters. The van der Waals surface area contributed by atoms with Gasteiger partial charge in [0.2, 0.25) is 0 Å². The van der Waals surface area contributed by atoms with Gasteiger partial charge in [-0.2, -0.15) is 0 Å². The Balaban J connectivity index is 2.06. The van der Waals surface area contributed by atoms with Crippen molar-refractivity contribution in [2.45, 2.75) is 0 Å². The molecule has 0 saturated heterocycles. The van der Waals surface area contributed by atoms with Crippen LogP contribution in [0.25, 0.3) is 22.4 Å². The van der Waals surface area contributed by atoms with Crippen LogP contribution < -0.4 is 17.2 Å². The molecule has 4 rings (SSSR count). The van der Waals surface area contributed by atoms with Crippen molar-refractivity contribution in [3.8, 4) is 11.4 Å². The van der Waals surface area contributed by atoms with Crippen molar-refractivity contribution in [3.63, 3.8) is 0 Å². The average Bonchev–Trinajstić information content (AvgIpc) is 2.89. The lowest BCUT2D eigenvalue weighted by Crippen LogP contribution is -2.22. The van der Waals surface area contributed by atoms with Crippen LogP contribution in [-0.4, -0.2) is 9.13 Å². The highest BCUT2D eigenvalue weighted by Gasteiger charge is 2.15. The van der Waals surface area contributed by atoms with Gasteiger partial charge in [0.1, 0.15) is 0 Å². The fourth-order valence-corrected chi connectivity index (χ4v) is 2.89. The van der Waals surface area contributed by atoms with Crippen molar-refractivity contribution >= 4 is 22.4 Å². The van der Waals surface area contributed by atoms with Crippen LogP contribution >= 0.6 is 0 Å². The Morgan fingerprint density at radius 2 is 0.958 bits per heavy atom. The van der Waals surface area contributed by atoms with Gasteiger partial charge < -0.3 is 11.5 Å². The van der Waals surface area contributed by atoms with Crippen molar-refractivity contribution in [1.82, 2.24) is 9.13 Å². The van der Waals surface area contributed by atoms with Gasteiger partial charge in [0.15, 0.2) is 0 Å². The van der Waals surface area contributed by atoms with Crippen molar-refractivity contribution < 1.29 is 0 Å². The first kappa shape index (κ1) is 14.1. The molecular formula is C19H16N4O. The van der Waals surface area contributed by atoms with Crippen LogP contribution in [0, 0.1) is 0 Å². The highest BCUT2D eigenvalue weighted by Crippen LogP contribution is 2.21. The summed E-state index contributed by atoms with van der Waals surface area (Å²) in [5, 5.41) is 0. The molecule has 118 valence electrons. The van der Waals surface area contributed by atoms with E-state index in [0.717, 1.165) is 22.4 Å². The van der Waals surface area contributed by atoms with E-state index in [4.69, 9.17) is 11.5 Å². The second-order valence-corrected chi connectivity index (χ2v) is 5.63. The SMILES string of the molecule is Nc1ccc(-n2c(=O)n(-c3ccc(N)cc3)c3ccccc32)cc1. The van der Waals surface area contributed by atoms with Crippen LogP contribution in [0.5, 0.6) is 0 Å². The normalized spacial score (nSPS) is 11.0. The first-order chi connectivity index (χ1) is 11.6. The van der Waals surface area contributed by atoms with Crippen LogP contribution in [0.1, 0.15) is 0 Å². The summed E-state index contributed by atoms with van der Waals surface area (Å²) in [4.78, 5) is 13.1. The molecule has 0 unspecified atom stereocenters. The van der Waals surface area contributed by atoms with Gasteiger partial charge in [0, 0.05) is 11.4 Å². The van der Waals surface area contributed by atoms with Crippen LogP contribution in [0.2, 0.25) is 0 Å². The molecule has 24 heavy (non-hydrogen) atoms. The molecule has 0 radical (unpaired) electrons. The molecular weight excluding hydrogens is 300 g/mol. The van der Waals surface area contributed by atoms with Gasteiger partial charge in [0.05, 0.1) is 22.4 Å². The third kappa shape index (κ3) is 2.14. The van der Waals surface area contributed by atoms with Crippen LogP contribution in [0.15, 0.2) is 77.6 Å². The zero-order chi connectivity index (χ0) is 16.7. The second kappa shape index (κ2) is 5.31. The molecule has 5 nitrogen and oxygen atoms in total. The maximum absolute atomic E-state index is 13.1. The quantitative estimate of drug-likeness (QED) is 0.558. The lowest BCUT2D eigenvalue weighted by molar-refractivity contribution is 0.931. The molecule has 3 aromatic carbocycles. The second-order valence-electron chi connectivity index (χ2n) is 5.63. The topological polar surface area (TPSA) is 79.0 Å². The van der Waals surface area contributed by atoms with Gasteiger partial charge in [0.25, 0.3) is 0 Å². The standard InChI is InChI=1S/C19H16N4O/c20-13-5-9-15(10-6-13)22-17-3-1-2-4-18(17)23(19(22)24)16-11-7-14(21)8-12-16/h1-12H,20-21H2. The molecule has 4 N–H and O–H groups in total. The predicted octanol–water partition coefficient (Wildman–Crippen LogP) is 2.95. The minimum Gasteiger partial charge on any atom is -0.399 e. The van der Waals surface area contributed by atoms with Crippen molar-refractivity contribution in [1.29, 1.82) is 0 Å². The van der Waals surface area contributed by atoms with Gasteiger partial charge in [-0.15, -0.1) is 0 Å². The number of nitrogens with zero attached hydrogens (tertiary/aromatic N) is 2. The monoisotopic (exact) mass is 316 g/mol. The summed E-state index contributed by atoms with van der Waals surface area (Å²) in [7, 11) is 0. The predicted molar refractivity (Wildman–Crippen MR) is 97.7 cm³/mol. The van der Waals surface area contributed by atoms with Gasteiger partial charge in [-0.25, -0.2) is 4.79 Å². The first-order valence-corrected chi connectivity index (χ1v) is 7.59. The largest absolute Gasteiger partial charge is 0.399 e. The molecule has 4 aromatic rings. The smallest absolute Gasteiger partial charge is 0.338 e. The third-order valence-corrected chi connectivity index (χ3v) is 4.05. The van der Waals surface area contributed by atoms with Crippen LogP contribution in [0.4, 0.5) is 11.4 Å². The molecule has 1 heterocycles. The summed E-state index contributed by atoms with van der Waals surface area (Å²) in [6, 6.07) is 22.2. The Labute approximate surface area is 138 Å². The van der Waals surface area contributed by atoms with Crippen LogP contribution in [0.3, 0.4) is 0 Å². The number of hydrogen-bond acceptors (Lipinski definition) is 3. The minimum atomic E-state index is -0.134. The third-order valence-electron chi connectivity index (χ3n) is 4.05. The maximum Gasteiger partial charge on any atom is 0.338 e. The Hall–Kier alpha value is -3.47. The molecule has 5 heteroatoms. The number of fused-ring (bicyclic) bond motifs is 1. The number of rotatable bonds is 2. The van der Waals surface area contributed by atoms with Gasteiger partial charge in [-0.05, 0) is 60.7 Å². The molecule has 0 spiro atoms. The van der Waals surface area contributed by atoms with Gasteiger partial charge in [-0.3, -0.25) is 9.13 Å². The van der Waals surface area contributed by atoms with E-state index in [1.165, 1.54) is 0 Å². The molecule has 0 amide bonds. The Kier molecular flexibility index (Phi) is 3.13. The molecule has 0 fully saturated rings. The molecule has 1 aromatic heterocycles. The molecule has 0 aliphatic carbocycles. The maximum atomic E-state index is 13.1. The number of nitrogen functional groups attached to an aromatic ring is 2. The average molecular weight is 316 g/mol. The summed E-state index contributed by atoms with van der Waals surface area (Å²) >= 11 is 0. The summed E-state index contributed by atoms with van der Waals surface area (Å²) in [5.74, 6) is 0. The van der Waals surface area contributed by atoms with E-state index in [1.807, 2.05) is 48.5 Å². The minimum absolute atomic E-state index is 0.134. The van der Waals surface area contributed by atoms with Crippen molar-refractivity contribution in [3.05, 3.63) is 83.3 Å². The van der Waals surface area contributed by atoms with Crippen LogP contribution in [-0.2, 0) is 0 Å². The number of aromatic nitrogens is 2. The number of benzene rings is 3. The number of para-hydroxylation sites is 2. The molecule has 0 aliphatic heterocycles. The zero-order valence-electron chi connectivity index (χ0n) is 12.9. The Morgan fingerprint density at radius 3 is 1.33 bits per heavy atom. The lowest BCUT2D eigenvalue weighted by Gasteiger charge is -2.04. The van der Waals surface area contributed by atoms with E-state index in [1.54, 1.807) is 33.4 Å². The fraction of sp³-hybridized carbons (Fsp3) is 0. The van der Waals surface area contributed by atoms with E-state index in [2.05, 4.69) is 0 Å². The highest BCUT2D eigenvalue weighted by molar-refractivity contribution is 5.80. The number of hydrogen-bond donors (Lipinski definition) is 2. The van der Waals surface area contributed by atoms with E-state index in [-0.39, 0.29) is 5.69 Å². The summed E-state index contributed by atoms with van der Waals surface area (Å²) in [6.45, 7) is 0. The van der Waals surface area contributed by atoms with E-state index in [9.17, 15) is 4.79 Å². The Bertz CT molecular complexity index is 988.